The first-order valence-corrected chi connectivity index (χ1v) is 6.25. The van der Waals surface area contributed by atoms with Crippen LogP contribution in [0.15, 0.2) is 0 Å². The second-order valence-corrected chi connectivity index (χ2v) is 5.08. The van der Waals surface area contributed by atoms with Crippen LogP contribution in [0.3, 0.4) is 0 Å². The van der Waals surface area contributed by atoms with E-state index in [4.69, 9.17) is 5.11 Å². The van der Waals surface area contributed by atoms with Gasteiger partial charge < -0.3 is 14.9 Å². The number of carboxylic acids is 1. The Morgan fingerprint density at radius 1 is 1.39 bits per heavy atom. The number of piperidine rings is 1. The van der Waals surface area contributed by atoms with Gasteiger partial charge in [0.25, 0.3) is 0 Å². The monoisotopic (exact) mass is 254 g/mol. The molecule has 0 bridgehead atoms. The van der Waals surface area contributed by atoms with E-state index in [2.05, 4.69) is 0 Å². The highest BCUT2D eigenvalue weighted by molar-refractivity contribution is 5.86. The van der Waals surface area contributed by atoms with E-state index >= 15 is 0 Å². The number of carbonyl (C=O) groups excluding carboxylic acids is 2. The number of rotatable bonds is 4. The summed E-state index contributed by atoms with van der Waals surface area (Å²) in [5.41, 5.74) is 0. The van der Waals surface area contributed by atoms with Crippen LogP contribution in [0.4, 0.5) is 0 Å². The Balaban J connectivity index is 1.91. The van der Waals surface area contributed by atoms with Crippen molar-refractivity contribution in [1.82, 2.24) is 9.80 Å². The van der Waals surface area contributed by atoms with E-state index in [1.165, 1.54) is 4.90 Å². The number of hydrogen-bond donors (Lipinski definition) is 1. The lowest BCUT2D eigenvalue weighted by molar-refractivity contribution is -0.150. The summed E-state index contributed by atoms with van der Waals surface area (Å²) in [4.78, 5) is 37.5. The van der Waals surface area contributed by atoms with Crippen molar-refractivity contribution in [2.24, 2.45) is 5.92 Å². The SMILES string of the molecule is CN(C(=O)CN1CC(C(=O)O)CCC1=O)C1CC1. The Bertz CT molecular complexity index is 378. The van der Waals surface area contributed by atoms with Crippen LogP contribution in [0.5, 0.6) is 0 Å². The number of nitrogens with zero attached hydrogens (tertiary/aromatic N) is 2. The van der Waals surface area contributed by atoms with Gasteiger partial charge in [0.15, 0.2) is 0 Å². The molecular formula is C12H18N2O4. The number of carbonyl (C=O) groups is 3. The van der Waals surface area contributed by atoms with Crippen molar-refractivity contribution in [2.45, 2.75) is 31.7 Å². The number of hydrogen-bond acceptors (Lipinski definition) is 3. The minimum atomic E-state index is -0.893. The van der Waals surface area contributed by atoms with Gasteiger partial charge in [-0.3, -0.25) is 14.4 Å². The molecule has 1 heterocycles. The molecule has 6 nitrogen and oxygen atoms in total. The number of amides is 2. The fraction of sp³-hybridized carbons (Fsp3) is 0.750. The second-order valence-electron chi connectivity index (χ2n) is 5.08. The van der Waals surface area contributed by atoms with Crippen LogP contribution in [0.25, 0.3) is 0 Å². The molecule has 1 unspecified atom stereocenters. The van der Waals surface area contributed by atoms with Gasteiger partial charge >= 0.3 is 5.97 Å². The number of aliphatic carboxylic acids is 1. The highest BCUT2D eigenvalue weighted by Crippen LogP contribution is 2.26. The number of carboxylic acid groups (broad SMARTS) is 1. The van der Waals surface area contributed by atoms with Crippen molar-refractivity contribution < 1.29 is 19.5 Å². The molecule has 0 aromatic heterocycles. The maximum absolute atomic E-state index is 11.9. The van der Waals surface area contributed by atoms with Gasteiger partial charge in [0.05, 0.1) is 12.5 Å². The summed E-state index contributed by atoms with van der Waals surface area (Å²) in [5, 5.41) is 8.95. The number of likely N-dealkylation sites (N-methyl/N-ethyl adjacent to an activating group) is 1. The third kappa shape index (κ3) is 2.80. The minimum absolute atomic E-state index is 0.00954. The van der Waals surface area contributed by atoms with E-state index in [0.29, 0.717) is 12.5 Å². The summed E-state index contributed by atoms with van der Waals surface area (Å²) in [6.07, 6.45) is 2.64. The lowest BCUT2D eigenvalue weighted by atomic mass is 9.98. The van der Waals surface area contributed by atoms with Crippen molar-refractivity contribution in [3.05, 3.63) is 0 Å². The summed E-state index contributed by atoms with van der Waals surface area (Å²) >= 11 is 0. The standard InChI is InChI=1S/C12H18N2O4/c1-13(9-3-4-9)11(16)7-14-6-8(12(17)18)2-5-10(14)15/h8-9H,2-7H2,1H3,(H,17,18). The smallest absolute Gasteiger partial charge is 0.308 e. The molecule has 1 saturated heterocycles. The Kier molecular flexibility index (Phi) is 3.54. The van der Waals surface area contributed by atoms with Gasteiger partial charge in [-0.2, -0.15) is 0 Å². The van der Waals surface area contributed by atoms with Crippen molar-refractivity contribution >= 4 is 17.8 Å². The molecule has 18 heavy (non-hydrogen) atoms. The van der Waals surface area contributed by atoms with Crippen molar-refractivity contribution in [3.63, 3.8) is 0 Å². The summed E-state index contributed by atoms with van der Waals surface area (Å²) in [6, 6.07) is 0.313. The largest absolute Gasteiger partial charge is 0.481 e. The first-order chi connectivity index (χ1) is 8.49. The highest BCUT2D eigenvalue weighted by Gasteiger charge is 2.34. The van der Waals surface area contributed by atoms with Crippen LogP contribution < -0.4 is 0 Å². The minimum Gasteiger partial charge on any atom is -0.481 e. The van der Waals surface area contributed by atoms with Crippen molar-refractivity contribution in [3.8, 4) is 0 Å². The zero-order valence-electron chi connectivity index (χ0n) is 10.5. The molecule has 1 atom stereocenters. The van der Waals surface area contributed by atoms with E-state index in [1.54, 1.807) is 11.9 Å². The summed E-state index contributed by atoms with van der Waals surface area (Å²) in [6.45, 7) is 0.161. The summed E-state index contributed by atoms with van der Waals surface area (Å²) in [7, 11) is 1.74. The van der Waals surface area contributed by atoms with Gasteiger partial charge in [0.1, 0.15) is 0 Å². The lowest BCUT2D eigenvalue weighted by Crippen LogP contribution is -2.47. The molecule has 6 heteroatoms. The third-order valence-electron chi connectivity index (χ3n) is 3.66. The van der Waals surface area contributed by atoms with Crippen LogP contribution in [-0.2, 0) is 14.4 Å². The fourth-order valence-corrected chi connectivity index (χ4v) is 2.21. The molecule has 0 spiro atoms. The van der Waals surface area contributed by atoms with Crippen LogP contribution in [0.2, 0.25) is 0 Å². The second kappa shape index (κ2) is 4.96. The predicted octanol–water partition coefficient (Wildman–Crippen LogP) is -0.0696. The van der Waals surface area contributed by atoms with Crippen molar-refractivity contribution in [2.75, 3.05) is 20.1 Å². The summed E-state index contributed by atoms with van der Waals surface area (Å²) < 4.78 is 0. The van der Waals surface area contributed by atoms with Crippen LogP contribution in [0.1, 0.15) is 25.7 Å². The van der Waals surface area contributed by atoms with Crippen LogP contribution >= 0.6 is 0 Å². The molecule has 2 aliphatic rings. The van der Waals surface area contributed by atoms with Gasteiger partial charge in [-0.15, -0.1) is 0 Å². The lowest BCUT2D eigenvalue weighted by Gasteiger charge is -2.31. The number of likely N-dealkylation sites (tertiary alicyclic amines) is 1. The highest BCUT2D eigenvalue weighted by atomic mass is 16.4. The molecule has 0 aromatic carbocycles. The fourth-order valence-electron chi connectivity index (χ4n) is 2.21. The summed E-state index contributed by atoms with van der Waals surface area (Å²) in [5.74, 6) is -1.65. The normalized spacial score (nSPS) is 23.9. The third-order valence-corrected chi connectivity index (χ3v) is 3.66. The van der Waals surface area contributed by atoms with Crippen molar-refractivity contribution in [1.29, 1.82) is 0 Å². The topological polar surface area (TPSA) is 77.9 Å². The Hall–Kier alpha value is -1.59. The Labute approximate surface area is 106 Å². The molecule has 1 saturated carbocycles. The first-order valence-electron chi connectivity index (χ1n) is 6.25. The zero-order chi connectivity index (χ0) is 13.3. The average molecular weight is 254 g/mol. The molecule has 2 rings (SSSR count). The molecule has 1 aliphatic heterocycles. The van der Waals surface area contributed by atoms with Gasteiger partial charge in [0, 0.05) is 26.1 Å². The van der Waals surface area contributed by atoms with E-state index in [0.717, 1.165) is 12.8 Å². The van der Waals surface area contributed by atoms with Crippen LogP contribution in [0, 0.1) is 5.92 Å². The molecule has 1 N–H and O–H groups in total. The maximum atomic E-state index is 11.9. The molecule has 0 radical (unpaired) electrons. The molecule has 0 aromatic rings. The Morgan fingerprint density at radius 2 is 2.06 bits per heavy atom. The Morgan fingerprint density at radius 3 is 2.61 bits per heavy atom. The van der Waals surface area contributed by atoms with Crippen LogP contribution in [-0.4, -0.2) is 58.9 Å². The quantitative estimate of drug-likeness (QED) is 0.761. The van der Waals surface area contributed by atoms with Gasteiger partial charge in [-0.1, -0.05) is 0 Å². The maximum Gasteiger partial charge on any atom is 0.308 e. The molecule has 1 aliphatic carbocycles. The van der Waals surface area contributed by atoms with Gasteiger partial charge in [-0.05, 0) is 19.3 Å². The van der Waals surface area contributed by atoms with E-state index < -0.39 is 11.9 Å². The van der Waals surface area contributed by atoms with E-state index in [9.17, 15) is 14.4 Å². The molecular weight excluding hydrogens is 236 g/mol. The molecule has 2 amide bonds. The predicted molar refractivity (Wildman–Crippen MR) is 62.7 cm³/mol. The van der Waals surface area contributed by atoms with E-state index in [-0.39, 0.29) is 31.3 Å². The molecule has 2 fully saturated rings. The van der Waals surface area contributed by atoms with E-state index in [1.807, 2.05) is 0 Å². The average Bonchev–Trinajstić information content (AvgIpc) is 3.14. The zero-order valence-corrected chi connectivity index (χ0v) is 10.5. The first kappa shape index (κ1) is 12.9. The van der Waals surface area contributed by atoms with Gasteiger partial charge in [0.2, 0.25) is 11.8 Å². The molecule has 100 valence electrons. The van der Waals surface area contributed by atoms with Gasteiger partial charge in [-0.25, -0.2) is 0 Å².